The fraction of sp³-hybridized carbons (Fsp3) is 0.625. The Morgan fingerprint density at radius 2 is 2.19 bits per heavy atom. The van der Waals surface area contributed by atoms with E-state index in [1.54, 1.807) is 13.2 Å². The van der Waals surface area contributed by atoms with Crippen LogP contribution in [0.2, 0.25) is 5.02 Å². The van der Waals surface area contributed by atoms with E-state index in [-0.39, 0.29) is 6.10 Å². The topological polar surface area (TPSA) is 39.7 Å². The number of nitrogens with one attached hydrogen (secondary N) is 1. The largest absolute Gasteiger partial charge is 0.493 e. The fourth-order valence-electron chi connectivity index (χ4n) is 2.51. The summed E-state index contributed by atoms with van der Waals surface area (Å²) >= 11 is 6.14. The van der Waals surface area contributed by atoms with Gasteiger partial charge in [-0.2, -0.15) is 0 Å². The predicted molar refractivity (Wildman–Crippen MR) is 84.4 cm³/mol. The van der Waals surface area contributed by atoms with Gasteiger partial charge < -0.3 is 19.5 Å². The van der Waals surface area contributed by atoms with Crippen molar-refractivity contribution in [3.05, 3.63) is 22.7 Å². The van der Waals surface area contributed by atoms with E-state index < -0.39 is 0 Å². The summed E-state index contributed by atoms with van der Waals surface area (Å²) in [7, 11) is 1.63. The van der Waals surface area contributed by atoms with Crippen molar-refractivity contribution >= 4 is 11.6 Å². The van der Waals surface area contributed by atoms with E-state index in [0.29, 0.717) is 30.0 Å². The SMILES string of the molecule is CCNCc1cc(Cl)cc(OC)c1OCC1CCC(C)O1. The predicted octanol–water partition coefficient (Wildman–Crippen LogP) is 3.40. The number of ether oxygens (including phenoxy) is 3. The molecule has 4 nitrogen and oxygen atoms in total. The van der Waals surface area contributed by atoms with E-state index in [4.69, 9.17) is 25.8 Å². The van der Waals surface area contributed by atoms with E-state index >= 15 is 0 Å². The average molecular weight is 314 g/mol. The molecule has 5 heteroatoms. The molecule has 0 aliphatic carbocycles. The summed E-state index contributed by atoms with van der Waals surface area (Å²) in [4.78, 5) is 0. The Morgan fingerprint density at radius 1 is 1.38 bits per heavy atom. The first-order chi connectivity index (χ1) is 10.1. The summed E-state index contributed by atoms with van der Waals surface area (Å²) in [6.45, 7) is 6.29. The Morgan fingerprint density at radius 3 is 2.81 bits per heavy atom. The van der Waals surface area contributed by atoms with Gasteiger partial charge in [-0.3, -0.25) is 0 Å². The Bertz CT molecular complexity index is 467. The molecule has 0 amide bonds. The number of hydrogen-bond donors (Lipinski definition) is 1. The smallest absolute Gasteiger partial charge is 0.165 e. The summed E-state index contributed by atoms with van der Waals surface area (Å²) in [5.41, 5.74) is 1.01. The molecule has 2 rings (SSSR count). The Balaban J connectivity index is 2.10. The van der Waals surface area contributed by atoms with Crippen LogP contribution in [0.3, 0.4) is 0 Å². The Kier molecular flexibility index (Phi) is 6.15. The lowest BCUT2D eigenvalue weighted by Gasteiger charge is -2.18. The molecule has 118 valence electrons. The highest BCUT2D eigenvalue weighted by atomic mass is 35.5. The van der Waals surface area contributed by atoms with E-state index in [0.717, 1.165) is 30.7 Å². The van der Waals surface area contributed by atoms with Crippen LogP contribution in [0.1, 0.15) is 32.3 Å². The molecular weight excluding hydrogens is 290 g/mol. The second kappa shape index (κ2) is 7.87. The average Bonchev–Trinajstić information content (AvgIpc) is 2.88. The van der Waals surface area contributed by atoms with Gasteiger partial charge in [0.25, 0.3) is 0 Å². The molecule has 0 spiro atoms. The molecule has 1 saturated heterocycles. The van der Waals surface area contributed by atoms with Gasteiger partial charge in [0.2, 0.25) is 0 Å². The Hall–Kier alpha value is -0.970. The normalized spacial score (nSPS) is 21.5. The maximum absolute atomic E-state index is 6.14. The zero-order valence-electron chi connectivity index (χ0n) is 12.9. The lowest BCUT2D eigenvalue weighted by molar-refractivity contribution is 0.0257. The van der Waals surface area contributed by atoms with Gasteiger partial charge in [0, 0.05) is 23.2 Å². The molecule has 1 N–H and O–H groups in total. The van der Waals surface area contributed by atoms with Gasteiger partial charge in [-0.1, -0.05) is 18.5 Å². The van der Waals surface area contributed by atoms with Crippen molar-refractivity contribution in [3.63, 3.8) is 0 Å². The van der Waals surface area contributed by atoms with Crippen molar-refractivity contribution in [1.82, 2.24) is 5.32 Å². The number of methoxy groups -OCH3 is 1. The lowest BCUT2D eigenvalue weighted by Crippen LogP contribution is -2.20. The standard InChI is InChI=1S/C16H24ClNO3/c1-4-18-9-12-7-13(17)8-15(19-3)16(12)20-10-14-6-5-11(2)21-14/h7-8,11,14,18H,4-6,9-10H2,1-3H3. The first-order valence-electron chi connectivity index (χ1n) is 7.49. The minimum atomic E-state index is 0.160. The molecule has 0 bridgehead atoms. The molecular formula is C16H24ClNO3. The van der Waals surface area contributed by atoms with E-state index in [9.17, 15) is 0 Å². The minimum Gasteiger partial charge on any atom is -0.493 e. The fourth-order valence-corrected chi connectivity index (χ4v) is 2.74. The molecule has 1 fully saturated rings. The van der Waals surface area contributed by atoms with Gasteiger partial charge in [0.05, 0.1) is 19.3 Å². The third kappa shape index (κ3) is 4.50. The highest BCUT2D eigenvalue weighted by Gasteiger charge is 2.23. The molecule has 1 heterocycles. The molecule has 0 radical (unpaired) electrons. The minimum absolute atomic E-state index is 0.160. The van der Waals surface area contributed by atoms with Gasteiger partial charge in [0.1, 0.15) is 6.61 Å². The number of halogens is 1. The first-order valence-corrected chi connectivity index (χ1v) is 7.87. The summed E-state index contributed by atoms with van der Waals surface area (Å²) < 4.78 is 17.2. The molecule has 0 saturated carbocycles. The molecule has 21 heavy (non-hydrogen) atoms. The van der Waals surface area contributed by atoms with Crippen LogP contribution in [-0.4, -0.2) is 32.5 Å². The first kappa shape index (κ1) is 16.4. The van der Waals surface area contributed by atoms with Crippen LogP contribution in [0.15, 0.2) is 12.1 Å². The van der Waals surface area contributed by atoms with Gasteiger partial charge in [-0.05, 0) is 32.4 Å². The third-order valence-corrected chi connectivity index (χ3v) is 3.83. The molecule has 1 aliphatic rings. The van der Waals surface area contributed by atoms with Gasteiger partial charge in [0.15, 0.2) is 11.5 Å². The highest BCUT2D eigenvalue weighted by molar-refractivity contribution is 6.30. The number of rotatable bonds is 7. The Labute approximate surface area is 131 Å². The molecule has 0 aromatic heterocycles. The van der Waals surface area contributed by atoms with Gasteiger partial charge in [-0.25, -0.2) is 0 Å². The van der Waals surface area contributed by atoms with E-state index in [1.807, 2.05) is 6.07 Å². The molecule has 2 atom stereocenters. The maximum atomic E-state index is 6.14. The summed E-state index contributed by atoms with van der Waals surface area (Å²) in [5, 5.41) is 3.94. The number of hydrogen-bond acceptors (Lipinski definition) is 4. The second-order valence-electron chi connectivity index (χ2n) is 5.33. The third-order valence-electron chi connectivity index (χ3n) is 3.62. The van der Waals surface area contributed by atoms with Crippen molar-refractivity contribution in [2.24, 2.45) is 0 Å². The monoisotopic (exact) mass is 313 g/mol. The van der Waals surface area contributed by atoms with Crippen molar-refractivity contribution in [2.45, 2.75) is 45.4 Å². The summed E-state index contributed by atoms with van der Waals surface area (Å²) in [5.74, 6) is 1.42. The van der Waals surface area contributed by atoms with Crippen LogP contribution in [0.5, 0.6) is 11.5 Å². The van der Waals surface area contributed by atoms with Crippen LogP contribution >= 0.6 is 11.6 Å². The zero-order chi connectivity index (χ0) is 15.2. The lowest BCUT2D eigenvalue weighted by atomic mass is 10.1. The van der Waals surface area contributed by atoms with Crippen LogP contribution in [0.4, 0.5) is 0 Å². The quantitative estimate of drug-likeness (QED) is 0.837. The molecule has 1 aromatic carbocycles. The van der Waals surface area contributed by atoms with Crippen LogP contribution in [-0.2, 0) is 11.3 Å². The maximum Gasteiger partial charge on any atom is 0.165 e. The molecule has 1 aliphatic heterocycles. The number of benzene rings is 1. The van der Waals surface area contributed by atoms with Crippen LogP contribution < -0.4 is 14.8 Å². The van der Waals surface area contributed by atoms with E-state index in [1.165, 1.54) is 0 Å². The van der Waals surface area contributed by atoms with Crippen LogP contribution in [0.25, 0.3) is 0 Å². The second-order valence-corrected chi connectivity index (χ2v) is 5.77. The van der Waals surface area contributed by atoms with E-state index in [2.05, 4.69) is 19.2 Å². The van der Waals surface area contributed by atoms with Crippen molar-refractivity contribution in [3.8, 4) is 11.5 Å². The van der Waals surface area contributed by atoms with Gasteiger partial charge in [-0.15, -0.1) is 0 Å². The van der Waals surface area contributed by atoms with Crippen molar-refractivity contribution in [2.75, 3.05) is 20.3 Å². The highest BCUT2D eigenvalue weighted by Crippen LogP contribution is 2.35. The van der Waals surface area contributed by atoms with Crippen molar-refractivity contribution < 1.29 is 14.2 Å². The zero-order valence-corrected chi connectivity index (χ0v) is 13.7. The van der Waals surface area contributed by atoms with Crippen molar-refractivity contribution in [1.29, 1.82) is 0 Å². The molecule has 1 aromatic rings. The molecule has 2 unspecified atom stereocenters. The van der Waals surface area contributed by atoms with Crippen LogP contribution in [0, 0.1) is 0 Å². The summed E-state index contributed by atoms with van der Waals surface area (Å²) in [6.07, 6.45) is 2.62. The van der Waals surface area contributed by atoms with Gasteiger partial charge >= 0.3 is 0 Å². The summed E-state index contributed by atoms with van der Waals surface area (Å²) in [6, 6.07) is 3.70.